The summed E-state index contributed by atoms with van der Waals surface area (Å²) in [6.45, 7) is 0. The van der Waals surface area contributed by atoms with Gasteiger partial charge >= 0.3 is 4.96 Å². The highest BCUT2D eigenvalue weighted by Gasteiger charge is 2.27. The van der Waals surface area contributed by atoms with Crippen LogP contribution in [0.25, 0.3) is 16.6 Å². The standard InChI is InChI=1S/C15H12N3S/c1-2-4-11(5-3-1)8-12-6-7-13-9-16-15-18(14(12)13)17-10-19-15/h1-5,8-10H,6-7H2/q+1/b12-8+. The van der Waals surface area contributed by atoms with Crippen molar-refractivity contribution in [2.45, 2.75) is 12.8 Å². The second-order valence-electron chi connectivity index (χ2n) is 4.65. The zero-order valence-electron chi connectivity index (χ0n) is 10.3. The second-order valence-corrected chi connectivity index (χ2v) is 5.46. The third-order valence-electron chi connectivity index (χ3n) is 3.46. The molecule has 1 aromatic carbocycles. The predicted octanol–water partition coefficient (Wildman–Crippen LogP) is 2.76. The molecule has 0 aliphatic heterocycles. The smallest absolute Gasteiger partial charge is 0.0831 e. The molecule has 0 fully saturated rings. The van der Waals surface area contributed by atoms with Gasteiger partial charge in [-0.05, 0) is 40.8 Å². The minimum absolute atomic E-state index is 0.958. The Morgan fingerprint density at radius 1 is 1.16 bits per heavy atom. The molecule has 0 amide bonds. The zero-order chi connectivity index (χ0) is 12.7. The first-order valence-electron chi connectivity index (χ1n) is 6.31. The van der Waals surface area contributed by atoms with Gasteiger partial charge in [0.15, 0.2) is 5.69 Å². The average molecular weight is 266 g/mol. The van der Waals surface area contributed by atoms with Crippen LogP contribution in [0.15, 0.2) is 42.0 Å². The van der Waals surface area contributed by atoms with Gasteiger partial charge in [-0.3, -0.25) is 0 Å². The molecule has 0 bridgehead atoms. The molecule has 92 valence electrons. The first-order valence-corrected chi connectivity index (χ1v) is 7.19. The van der Waals surface area contributed by atoms with Gasteiger partial charge in [-0.2, -0.15) is 0 Å². The maximum Gasteiger partial charge on any atom is 0.409 e. The lowest BCUT2D eigenvalue weighted by Gasteiger charge is -1.98. The van der Waals surface area contributed by atoms with E-state index in [9.17, 15) is 0 Å². The Morgan fingerprint density at radius 3 is 2.95 bits per heavy atom. The highest BCUT2D eigenvalue weighted by atomic mass is 32.1. The summed E-state index contributed by atoms with van der Waals surface area (Å²) >= 11 is 1.58. The van der Waals surface area contributed by atoms with Crippen molar-refractivity contribution in [1.82, 2.24) is 10.1 Å². The SMILES string of the molecule is C(=C1/CCc2cnc3scn[n+]3c21)/c1ccccc1. The maximum atomic E-state index is 4.45. The molecule has 19 heavy (non-hydrogen) atoms. The minimum atomic E-state index is 0.958. The van der Waals surface area contributed by atoms with E-state index in [0.29, 0.717) is 0 Å². The maximum absolute atomic E-state index is 4.45. The number of hydrogen-bond donors (Lipinski definition) is 0. The van der Waals surface area contributed by atoms with Crippen LogP contribution in [0.2, 0.25) is 0 Å². The van der Waals surface area contributed by atoms with E-state index in [4.69, 9.17) is 0 Å². The van der Waals surface area contributed by atoms with E-state index in [1.54, 1.807) is 11.3 Å². The van der Waals surface area contributed by atoms with Gasteiger partial charge in [-0.1, -0.05) is 39.9 Å². The summed E-state index contributed by atoms with van der Waals surface area (Å²) in [7, 11) is 0. The Hall–Kier alpha value is -2.07. The van der Waals surface area contributed by atoms with Crippen LogP contribution in [-0.2, 0) is 6.42 Å². The second kappa shape index (κ2) is 4.24. The molecule has 4 heteroatoms. The van der Waals surface area contributed by atoms with E-state index in [2.05, 4.69) is 40.4 Å². The van der Waals surface area contributed by atoms with Crippen molar-refractivity contribution in [2.75, 3.05) is 0 Å². The summed E-state index contributed by atoms with van der Waals surface area (Å²) in [5.74, 6) is 0. The van der Waals surface area contributed by atoms with Crippen molar-refractivity contribution in [3.63, 3.8) is 0 Å². The predicted molar refractivity (Wildman–Crippen MR) is 75.7 cm³/mol. The number of benzene rings is 1. The van der Waals surface area contributed by atoms with E-state index >= 15 is 0 Å². The molecule has 2 heterocycles. The van der Waals surface area contributed by atoms with E-state index in [1.165, 1.54) is 22.4 Å². The van der Waals surface area contributed by atoms with Crippen LogP contribution in [0.3, 0.4) is 0 Å². The molecular weight excluding hydrogens is 254 g/mol. The summed E-state index contributed by atoms with van der Waals surface area (Å²) in [5.41, 5.74) is 6.97. The molecular formula is C15H12N3S+. The van der Waals surface area contributed by atoms with Crippen molar-refractivity contribution >= 4 is 27.9 Å². The summed E-state index contributed by atoms with van der Waals surface area (Å²) in [6.07, 6.45) is 6.38. The number of nitrogens with zero attached hydrogens (tertiary/aromatic N) is 3. The molecule has 0 saturated carbocycles. The van der Waals surface area contributed by atoms with Crippen molar-refractivity contribution in [3.05, 3.63) is 58.9 Å². The Morgan fingerprint density at radius 2 is 2.05 bits per heavy atom. The van der Waals surface area contributed by atoms with Crippen LogP contribution in [0, 0.1) is 0 Å². The Bertz CT molecular complexity index is 774. The lowest BCUT2D eigenvalue weighted by molar-refractivity contribution is -0.580. The molecule has 0 spiro atoms. The van der Waals surface area contributed by atoms with Crippen molar-refractivity contribution in [3.8, 4) is 0 Å². The molecule has 3 nitrogen and oxygen atoms in total. The molecule has 0 unspecified atom stereocenters. The lowest BCUT2D eigenvalue weighted by atomic mass is 10.1. The number of allylic oxidation sites excluding steroid dienone is 1. The van der Waals surface area contributed by atoms with Crippen LogP contribution in [0.4, 0.5) is 0 Å². The van der Waals surface area contributed by atoms with Crippen LogP contribution in [-0.4, -0.2) is 10.1 Å². The molecule has 0 N–H and O–H groups in total. The molecule has 2 aromatic heterocycles. The molecule has 1 aliphatic carbocycles. The number of aryl methyl sites for hydroxylation is 1. The highest BCUT2D eigenvalue weighted by Crippen LogP contribution is 2.31. The van der Waals surface area contributed by atoms with E-state index in [0.717, 1.165) is 17.8 Å². The topological polar surface area (TPSA) is 29.9 Å². The van der Waals surface area contributed by atoms with E-state index < -0.39 is 0 Å². The summed E-state index contributed by atoms with van der Waals surface area (Å²) in [6, 6.07) is 10.5. The van der Waals surface area contributed by atoms with E-state index in [-0.39, 0.29) is 0 Å². The Labute approximate surface area is 114 Å². The molecule has 0 atom stereocenters. The first kappa shape index (κ1) is 10.8. The van der Waals surface area contributed by atoms with Gasteiger partial charge in [0.1, 0.15) is 11.7 Å². The largest absolute Gasteiger partial charge is 0.409 e. The van der Waals surface area contributed by atoms with Gasteiger partial charge in [-0.25, -0.2) is 0 Å². The quantitative estimate of drug-likeness (QED) is 0.634. The fourth-order valence-electron chi connectivity index (χ4n) is 2.59. The number of aromatic nitrogens is 3. The molecule has 0 saturated heterocycles. The fourth-order valence-corrected chi connectivity index (χ4v) is 3.18. The van der Waals surface area contributed by atoms with Gasteiger partial charge in [0, 0.05) is 11.1 Å². The van der Waals surface area contributed by atoms with Crippen molar-refractivity contribution in [2.24, 2.45) is 0 Å². The Balaban J connectivity index is 1.92. The third kappa shape index (κ3) is 1.76. The van der Waals surface area contributed by atoms with Gasteiger partial charge in [0.2, 0.25) is 0 Å². The van der Waals surface area contributed by atoms with Crippen LogP contribution < -0.4 is 4.52 Å². The van der Waals surface area contributed by atoms with Gasteiger partial charge in [-0.15, -0.1) is 0 Å². The fraction of sp³-hybridized carbons (Fsp3) is 0.133. The zero-order valence-corrected chi connectivity index (χ0v) is 11.1. The number of hydrogen-bond acceptors (Lipinski definition) is 3. The first-order chi connectivity index (χ1) is 9.42. The van der Waals surface area contributed by atoms with Crippen LogP contribution in [0.1, 0.15) is 23.2 Å². The van der Waals surface area contributed by atoms with Crippen LogP contribution >= 0.6 is 11.3 Å². The summed E-state index contributed by atoms with van der Waals surface area (Å²) in [4.78, 5) is 5.40. The average Bonchev–Trinajstić information content (AvgIpc) is 3.06. The molecule has 0 radical (unpaired) electrons. The third-order valence-corrected chi connectivity index (χ3v) is 4.15. The van der Waals surface area contributed by atoms with Crippen LogP contribution in [0.5, 0.6) is 0 Å². The Kier molecular flexibility index (Phi) is 2.42. The van der Waals surface area contributed by atoms with Crippen molar-refractivity contribution in [1.29, 1.82) is 0 Å². The van der Waals surface area contributed by atoms with Gasteiger partial charge in [0.25, 0.3) is 0 Å². The monoisotopic (exact) mass is 266 g/mol. The molecule has 4 rings (SSSR count). The normalized spacial score (nSPS) is 16.1. The minimum Gasteiger partial charge on any atom is -0.0831 e. The summed E-state index contributed by atoms with van der Waals surface area (Å²) < 4.78 is 1.97. The molecule has 1 aliphatic rings. The van der Waals surface area contributed by atoms with E-state index in [1.807, 2.05) is 22.3 Å². The van der Waals surface area contributed by atoms with Gasteiger partial charge < -0.3 is 0 Å². The van der Waals surface area contributed by atoms with Crippen molar-refractivity contribution < 1.29 is 4.52 Å². The summed E-state index contributed by atoms with van der Waals surface area (Å²) in [5, 5.41) is 4.41. The molecule has 3 aromatic rings. The number of fused-ring (bicyclic) bond motifs is 3. The number of rotatable bonds is 1. The van der Waals surface area contributed by atoms with Gasteiger partial charge in [0.05, 0.1) is 0 Å². The highest BCUT2D eigenvalue weighted by molar-refractivity contribution is 7.14. The lowest BCUT2D eigenvalue weighted by Crippen LogP contribution is -2.29.